The van der Waals surface area contributed by atoms with E-state index in [4.69, 9.17) is 0 Å². The van der Waals surface area contributed by atoms with E-state index in [1.54, 1.807) is 35.1 Å². The molecule has 1 heteroatoms. The Kier molecular flexibility index (Phi) is 5.45. The molecule has 8 aliphatic carbocycles. The highest BCUT2D eigenvalue weighted by atomic mass is 14.9. The zero-order valence-electron chi connectivity index (χ0n) is 23.2. The van der Waals surface area contributed by atoms with Gasteiger partial charge in [-0.3, -0.25) is 0 Å². The van der Waals surface area contributed by atoms with Crippen molar-refractivity contribution in [1.82, 2.24) is 5.32 Å². The Balaban J connectivity index is 0.990. The van der Waals surface area contributed by atoms with Gasteiger partial charge in [0.15, 0.2) is 0 Å². The van der Waals surface area contributed by atoms with Crippen molar-refractivity contribution in [2.75, 3.05) is 6.54 Å². The first kappa shape index (κ1) is 23.1. The quantitative estimate of drug-likeness (QED) is 0.429. The predicted molar refractivity (Wildman–Crippen MR) is 155 cm³/mol. The Morgan fingerprint density at radius 1 is 0.500 bits per heavy atom. The van der Waals surface area contributed by atoms with E-state index >= 15 is 0 Å². The fraction of sp³-hybridized carbons (Fsp3) is 0.676. The molecule has 200 valence electrons. The lowest BCUT2D eigenvalue weighted by molar-refractivity contribution is -0.00283. The average molecular weight is 506 g/mol. The van der Waals surface area contributed by atoms with Crippen LogP contribution in [0.2, 0.25) is 0 Å². The Labute approximate surface area is 230 Å². The Hall–Kier alpha value is -1.60. The Morgan fingerprint density at radius 2 is 0.895 bits per heavy atom. The molecule has 9 aliphatic rings. The van der Waals surface area contributed by atoms with Crippen LogP contribution >= 0.6 is 0 Å². The summed E-state index contributed by atoms with van der Waals surface area (Å²) in [5.74, 6) is 10.3. The maximum absolute atomic E-state index is 3.89. The van der Waals surface area contributed by atoms with Crippen LogP contribution in [0.25, 0.3) is 0 Å². The summed E-state index contributed by atoms with van der Waals surface area (Å²) in [6.07, 6.45) is 17.9. The third-order valence-corrected chi connectivity index (χ3v) is 13.3. The highest BCUT2D eigenvalue weighted by molar-refractivity contribution is 5.40. The van der Waals surface area contributed by atoms with Crippen LogP contribution in [0.15, 0.2) is 48.5 Å². The van der Waals surface area contributed by atoms with Crippen LogP contribution in [0.1, 0.15) is 117 Å². The van der Waals surface area contributed by atoms with Crippen LogP contribution in [-0.4, -0.2) is 12.6 Å². The molecule has 11 rings (SSSR count). The van der Waals surface area contributed by atoms with E-state index in [9.17, 15) is 0 Å². The van der Waals surface area contributed by atoms with E-state index in [1.807, 2.05) is 0 Å². The zero-order chi connectivity index (χ0) is 24.8. The summed E-state index contributed by atoms with van der Waals surface area (Å²) in [5.41, 5.74) is 6.41. The molecule has 2 aromatic carbocycles. The van der Waals surface area contributed by atoms with Gasteiger partial charge in [0.1, 0.15) is 0 Å². The lowest BCUT2D eigenvalue weighted by atomic mass is 9.50. The minimum atomic E-state index is 0.484. The van der Waals surface area contributed by atoms with Crippen molar-refractivity contribution < 1.29 is 0 Å². The van der Waals surface area contributed by atoms with Gasteiger partial charge in [0.2, 0.25) is 0 Å². The van der Waals surface area contributed by atoms with Gasteiger partial charge in [-0.2, -0.15) is 0 Å². The van der Waals surface area contributed by atoms with E-state index in [1.165, 1.54) is 70.8 Å². The predicted octanol–water partition coefficient (Wildman–Crippen LogP) is 8.65. The van der Waals surface area contributed by atoms with E-state index in [0.717, 1.165) is 59.2 Å². The van der Waals surface area contributed by atoms with E-state index in [-0.39, 0.29) is 0 Å². The third kappa shape index (κ3) is 3.73. The summed E-state index contributed by atoms with van der Waals surface area (Å²) < 4.78 is 0. The summed E-state index contributed by atoms with van der Waals surface area (Å²) in [6, 6.07) is 21.0. The second kappa shape index (κ2) is 8.95. The highest BCUT2D eigenvalue weighted by Crippen LogP contribution is 2.61. The molecule has 0 radical (unpaired) electrons. The minimum absolute atomic E-state index is 0.484. The smallest absolute Gasteiger partial charge is 0.0243 e. The maximum atomic E-state index is 3.89. The van der Waals surface area contributed by atoms with E-state index in [2.05, 4.69) is 53.8 Å². The molecule has 1 heterocycles. The highest BCUT2D eigenvalue weighted by Gasteiger charge is 2.49. The fourth-order valence-electron chi connectivity index (χ4n) is 12.4. The summed E-state index contributed by atoms with van der Waals surface area (Å²) in [4.78, 5) is 0. The molecule has 1 N–H and O–H groups in total. The fourth-order valence-corrected chi connectivity index (χ4v) is 12.4. The van der Waals surface area contributed by atoms with Gasteiger partial charge in [-0.15, -0.1) is 0 Å². The van der Waals surface area contributed by atoms with Crippen molar-refractivity contribution in [3.05, 3.63) is 70.8 Å². The summed E-state index contributed by atoms with van der Waals surface area (Å²) in [7, 11) is 0. The van der Waals surface area contributed by atoms with Crippen molar-refractivity contribution >= 4 is 0 Å². The normalized spacial score (nSPS) is 45.1. The van der Waals surface area contributed by atoms with Gasteiger partial charge < -0.3 is 5.32 Å². The standard InChI is InChI=1S/C37H47N/c1-2-34(38-11-1)37(28-7-3-26(4-8-28)35-30-14-22-12-23(16-30)17-31(35)15-22)29-9-5-27(6-10-29)36-32-18-24-13-25(20-32)21-33(36)19-24/h3-10,22-25,30-38H,1-2,11-21H2/t22?,23?,24?,25?,30?,31?,32?,33?,34-,35?,36?,37?/m1/s1. The summed E-state index contributed by atoms with van der Waals surface area (Å²) in [6.45, 7) is 1.18. The van der Waals surface area contributed by atoms with E-state index < -0.39 is 0 Å². The lowest BCUT2D eigenvalue weighted by Crippen LogP contribution is -2.43. The summed E-state index contributed by atoms with van der Waals surface area (Å²) >= 11 is 0. The van der Waals surface area contributed by atoms with Crippen molar-refractivity contribution in [2.45, 2.75) is 101 Å². The van der Waals surface area contributed by atoms with Crippen LogP contribution in [0.4, 0.5) is 0 Å². The van der Waals surface area contributed by atoms with Crippen LogP contribution in [-0.2, 0) is 0 Å². The molecular formula is C37H47N. The lowest BCUT2D eigenvalue weighted by Gasteiger charge is -2.54. The molecule has 38 heavy (non-hydrogen) atoms. The SMILES string of the molecule is c1cc(C(c2ccc(C3C4CC5CC(C4)CC3C5)cc2)[C@H]2CCCN2)ccc1C1C2CC3CC(C2)CC1C3. The Bertz CT molecular complexity index is 1010. The first-order valence-electron chi connectivity index (χ1n) is 16.7. The van der Waals surface area contributed by atoms with Crippen LogP contribution in [0.3, 0.4) is 0 Å². The van der Waals surface area contributed by atoms with Crippen LogP contribution in [0.5, 0.6) is 0 Å². The largest absolute Gasteiger partial charge is 0.313 e. The van der Waals surface area contributed by atoms with Crippen molar-refractivity contribution in [3.8, 4) is 0 Å². The van der Waals surface area contributed by atoms with E-state index in [0.29, 0.717) is 12.0 Å². The first-order chi connectivity index (χ1) is 18.7. The topological polar surface area (TPSA) is 12.0 Å². The second-order valence-corrected chi connectivity index (χ2v) is 15.4. The number of hydrogen-bond donors (Lipinski definition) is 1. The molecule has 0 unspecified atom stereocenters. The molecule has 1 atom stereocenters. The second-order valence-electron chi connectivity index (χ2n) is 15.4. The van der Waals surface area contributed by atoms with Gasteiger partial charge in [-0.1, -0.05) is 48.5 Å². The molecule has 1 aliphatic heterocycles. The molecule has 1 nitrogen and oxygen atoms in total. The van der Waals surface area contributed by atoms with Crippen molar-refractivity contribution in [2.24, 2.45) is 47.3 Å². The average Bonchev–Trinajstić information content (AvgIpc) is 3.44. The minimum Gasteiger partial charge on any atom is -0.313 e. The molecule has 8 bridgehead atoms. The van der Waals surface area contributed by atoms with Gasteiger partial charge >= 0.3 is 0 Å². The molecule has 0 amide bonds. The molecular weight excluding hydrogens is 458 g/mol. The van der Waals surface area contributed by atoms with Crippen LogP contribution in [0, 0.1) is 47.3 Å². The molecule has 9 fully saturated rings. The van der Waals surface area contributed by atoms with Crippen molar-refractivity contribution in [3.63, 3.8) is 0 Å². The van der Waals surface area contributed by atoms with Gasteiger partial charge in [-0.05, 0) is 165 Å². The monoisotopic (exact) mass is 505 g/mol. The molecule has 2 aromatic rings. The Morgan fingerprint density at radius 3 is 1.24 bits per heavy atom. The number of hydrogen-bond acceptors (Lipinski definition) is 1. The molecule has 0 aromatic heterocycles. The number of benzene rings is 2. The van der Waals surface area contributed by atoms with Crippen LogP contribution < -0.4 is 5.32 Å². The van der Waals surface area contributed by atoms with Gasteiger partial charge in [0.05, 0.1) is 0 Å². The first-order valence-corrected chi connectivity index (χ1v) is 16.7. The van der Waals surface area contributed by atoms with Gasteiger partial charge in [-0.25, -0.2) is 0 Å². The van der Waals surface area contributed by atoms with Crippen molar-refractivity contribution in [1.29, 1.82) is 0 Å². The third-order valence-electron chi connectivity index (χ3n) is 13.3. The maximum Gasteiger partial charge on any atom is 0.0243 e. The molecule has 8 saturated carbocycles. The number of nitrogens with one attached hydrogen (secondary N) is 1. The zero-order valence-corrected chi connectivity index (χ0v) is 23.2. The number of rotatable bonds is 5. The molecule has 0 spiro atoms. The summed E-state index contributed by atoms with van der Waals surface area (Å²) in [5, 5.41) is 3.89. The van der Waals surface area contributed by atoms with Gasteiger partial charge in [0, 0.05) is 12.0 Å². The molecule has 1 saturated heterocycles. The van der Waals surface area contributed by atoms with Gasteiger partial charge in [0.25, 0.3) is 0 Å².